The molecule has 2 amide bonds. The van der Waals surface area contributed by atoms with E-state index in [1.165, 1.54) is 4.90 Å². The highest BCUT2D eigenvalue weighted by Gasteiger charge is 2.68. The molecular formula is C28H31BrN2O4. The fraction of sp³-hybridized carbons (Fsp3) is 0.464. The molecule has 0 aromatic heterocycles. The molecule has 4 atom stereocenters. The van der Waals surface area contributed by atoms with Gasteiger partial charge in [-0.1, -0.05) is 79.2 Å². The number of hydrogen-bond donors (Lipinski definition) is 2. The van der Waals surface area contributed by atoms with Gasteiger partial charge >= 0.3 is 5.97 Å². The molecule has 5 rings (SSSR count). The third-order valence-corrected chi connectivity index (χ3v) is 8.73. The molecule has 0 radical (unpaired) electrons. The summed E-state index contributed by atoms with van der Waals surface area (Å²) >= 11 is 3.45. The number of carboxylic acid groups (broad SMARTS) is 1. The SMILES string of the molecule is CCc1ccc(N2C(=O)C3C(c4ccc(Br)cc4)NC(CC4CCCCC4)(C(=O)O)C3C2=O)cc1. The van der Waals surface area contributed by atoms with Crippen molar-refractivity contribution in [2.75, 3.05) is 4.90 Å². The number of aliphatic carboxylic acids is 1. The van der Waals surface area contributed by atoms with Crippen molar-refractivity contribution in [1.29, 1.82) is 0 Å². The van der Waals surface area contributed by atoms with Gasteiger partial charge in [-0.3, -0.25) is 19.7 Å². The number of fused-ring (bicyclic) bond motifs is 1. The largest absolute Gasteiger partial charge is 0.480 e. The Morgan fingerprint density at radius 1 is 1.03 bits per heavy atom. The highest BCUT2D eigenvalue weighted by molar-refractivity contribution is 9.10. The Morgan fingerprint density at radius 3 is 2.29 bits per heavy atom. The summed E-state index contributed by atoms with van der Waals surface area (Å²) < 4.78 is 0.897. The van der Waals surface area contributed by atoms with Crippen molar-refractivity contribution in [3.05, 3.63) is 64.1 Å². The molecule has 7 heteroatoms. The molecule has 3 aliphatic rings. The van der Waals surface area contributed by atoms with Crippen molar-refractivity contribution in [3.8, 4) is 0 Å². The molecule has 6 nitrogen and oxygen atoms in total. The predicted octanol–water partition coefficient (Wildman–Crippen LogP) is 5.26. The van der Waals surface area contributed by atoms with E-state index in [0.29, 0.717) is 12.1 Å². The van der Waals surface area contributed by atoms with E-state index in [-0.39, 0.29) is 11.8 Å². The molecule has 1 aliphatic carbocycles. The van der Waals surface area contributed by atoms with Gasteiger partial charge in [-0.05, 0) is 54.2 Å². The summed E-state index contributed by atoms with van der Waals surface area (Å²) in [6.07, 6.45) is 6.45. The average molecular weight is 539 g/mol. The summed E-state index contributed by atoms with van der Waals surface area (Å²) in [5, 5.41) is 14.0. The second kappa shape index (κ2) is 9.51. The molecule has 2 aliphatic heterocycles. The number of halogens is 1. The maximum absolute atomic E-state index is 13.9. The molecule has 0 spiro atoms. The van der Waals surface area contributed by atoms with Crippen molar-refractivity contribution >= 4 is 39.4 Å². The number of hydrogen-bond acceptors (Lipinski definition) is 4. The zero-order valence-electron chi connectivity index (χ0n) is 19.9. The number of rotatable bonds is 6. The Bertz CT molecular complexity index is 1130. The molecule has 3 fully saturated rings. The highest BCUT2D eigenvalue weighted by Crippen LogP contribution is 2.52. The van der Waals surface area contributed by atoms with Crippen molar-refractivity contribution < 1.29 is 19.5 Å². The Hall–Kier alpha value is -2.51. The molecule has 2 heterocycles. The normalized spacial score (nSPS) is 29.0. The summed E-state index contributed by atoms with van der Waals surface area (Å²) in [7, 11) is 0. The minimum Gasteiger partial charge on any atom is -0.480 e. The van der Waals surface area contributed by atoms with Gasteiger partial charge in [0.2, 0.25) is 11.8 Å². The lowest BCUT2D eigenvalue weighted by molar-refractivity contribution is -0.150. The summed E-state index contributed by atoms with van der Waals surface area (Å²) in [6, 6.07) is 14.4. The van der Waals surface area contributed by atoms with Crippen LogP contribution in [0.4, 0.5) is 5.69 Å². The van der Waals surface area contributed by atoms with Gasteiger partial charge in [0.25, 0.3) is 0 Å². The molecule has 2 aromatic rings. The Morgan fingerprint density at radius 2 is 1.69 bits per heavy atom. The van der Waals surface area contributed by atoms with E-state index in [0.717, 1.165) is 54.1 Å². The van der Waals surface area contributed by atoms with Crippen LogP contribution < -0.4 is 10.2 Å². The lowest BCUT2D eigenvalue weighted by Gasteiger charge is -2.35. The number of anilines is 1. The highest BCUT2D eigenvalue weighted by atomic mass is 79.9. The van der Waals surface area contributed by atoms with Crippen LogP contribution in [0.15, 0.2) is 53.0 Å². The molecule has 2 aromatic carbocycles. The van der Waals surface area contributed by atoms with E-state index in [9.17, 15) is 19.5 Å². The molecule has 35 heavy (non-hydrogen) atoms. The zero-order chi connectivity index (χ0) is 24.7. The Labute approximate surface area is 214 Å². The number of carbonyl (C=O) groups excluding carboxylic acids is 2. The van der Waals surface area contributed by atoms with Gasteiger partial charge in [0.05, 0.1) is 17.5 Å². The third kappa shape index (κ3) is 4.12. The van der Waals surface area contributed by atoms with Crippen molar-refractivity contribution in [2.45, 2.75) is 63.5 Å². The monoisotopic (exact) mass is 538 g/mol. The van der Waals surface area contributed by atoms with Crippen LogP contribution in [0, 0.1) is 17.8 Å². The standard InChI is InChI=1S/C28H31BrN2O4/c1-2-17-8-14-21(15-9-17)31-25(32)22-23(26(31)33)28(27(34)35,16-18-6-4-3-5-7-18)30-24(22)19-10-12-20(29)13-11-19/h8-15,18,22-24,30H,2-7,16H2,1H3,(H,34,35). The maximum atomic E-state index is 13.9. The second-order valence-electron chi connectivity index (χ2n) is 10.2. The first kappa shape index (κ1) is 24.2. The van der Waals surface area contributed by atoms with Gasteiger partial charge in [0.1, 0.15) is 5.54 Å². The average Bonchev–Trinajstić information content (AvgIpc) is 3.34. The first-order chi connectivity index (χ1) is 16.9. The van der Waals surface area contributed by atoms with E-state index in [2.05, 4.69) is 21.2 Å². The second-order valence-corrected chi connectivity index (χ2v) is 11.1. The van der Waals surface area contributed by atoms with Gasteiger partial charge in [-0.15, -0.1) is 0 Å². The number of nitrogens with zero attached hydrogens (tertiary/aromatic N) is 1. The van der Waals surface area contributed by atoms with Crippen LogP contribution in [0.3, 0.4) is 0 Å². The molecule has 184 valence electrons. The van der Waals surface area contributed by atoms with Crippen LogP contribution in [0.5, 0.6) is 0 Å². The van der Waals surface area contributed by atoms with Gasteiger partial charge in [0, 0.05) is 10.5 Å². The van der Waals surface area contributed by atoms with Gasteiger partial charge in [-0.2, -0.15) is 0 Å². The molecule has 0 bridgehead atoms. The van der Waals surface area contributed by atoms with Crippen LogP contribution >= 0.6 is 15.9 Å². The Balaban J connectivity index is 1.59. The van der Waals surface area contributed by atoms with Crippen molar-refractivity contribution in [1.82, 2.24) is 5.32 Å². The number of aryl methyl sites for hydroxylation is 1. The fourth-order valence-corrected chi connectivity index (χ4v) is 6.68. The number of amides is 2. The van der Waals surface area contributed by atoms with Gasteiger partial charge < -0.3 is 5.11 Å². The first-order valence-corrected chi connectivity index (χ1v) is 13.4. The van der Waals surface area contributed by atoms with Crippen LogP contribution in [-0.4, -0.2) is 28.4 Å². The molecular weight excluding hydrogens is 508 g/mol. The van der Waals surface area contributed by atoms with Crippen LogP contribution in [-0.2, 0) is 20.8 Å². The van der Waals surface area contributed by atoms with E-state index in [1.54, 1.807) is 12.1 Å². The Kier molecular flexibility index (Phi) is 6.57. The number of benzene rings is 2. The number of imide groups is 1. The summed E-state index contributed by atoms with van der Waals surface area (Å²) in [5.74, 6) is -3.27. The van der Waals surface area contributed by atoms with Crippen molar-refractivity contribution in [3.63, 3.8) is 0 Å². The quantitative estimate of drug-likeness (QED) is 0.490. The molecule has 2 N–H and O–H groups in total. The predicted molar refractivity (Wildman–Crippen MR) is 137 cm³/mol. The first-order valence-electron chi connectivity index (χ1n) is 12.6. The molecule has 4 unspecified atom stereocenters. The number of carbonyl (C=O) groups is 3. The molecule has 2 saturated heterocycles. The van der Waals surface area contributed by atoms with Gasteiger partial charge in [-0.25, -0.2) is 4.90 Å². The minimum atomic E-state index is -1.48. The molecule has 1 saturated carbocycles. The van der Waals surface area contributed by atoms with E-state index >= 15 is 0 Å². The number of carboxylic acids is 1. The topological polar surface area (TPSA) is 86.7 Å². The lowest BCUT2D eigenvalue weighted by atomic mass is 9.72. The smallest absolute Gasteiger partial charge is 0.324 e. The van der Waals surface area contributed by atoms with E-state index < -0.39 is 35.3 Å². The minimum absolute atomic E-state index is 0.220. The third-order valence-electron chi connectivity index (χ3n) is 8.20. The lowest BCUT2D eigenvalue weighted by Crippen LogP contribution is -2.57. The zero-order valence-corrected chi connectivity index (χ0v) is 21.5. The van der Waals surface area contributed by atoms with Crippen LogP contribution in [0.25, 0.3) is 0 Å². The number of nitrogens with one attached hydrogen (secondary N) is 1. The van der Waals surface area contributed by atoms with Crippen LogP contribution in [0.1, 0.15) is 62.6 Å². The fourth-order valence-electron chi connectivity index (χ4n) is 6.41. The summed E-state index contributed by atoms with van der Waals surface area (Å²) in [4.78, 5) is 42.0. The maximum Gasteiger partial charge on any atom is 0.324 e. The van der Waals surface area contributed by atoms with Gasteiger partial charge in [0.15, 0.2) is 0 Å². The summed E-state index contributed by atoms with van der Waals surface area (Å²) in [5.41, 5.74) is 0.965. The van der Waals surface area contributed by atoms with E-state index in [4.69, 9.17) is 0 Å². The summed E-state index contributed by atoms with van der Waals surface area (Å²) in [6.45, 7) is 2.05. The van der Waals surface area contributed by atoms with Crippen molar-refractivity contribution in [2.24, 2.45) is 17.8 Å². The van der Waals surface area contributed by atoms with Crippen LogP contribution in [0.2, 0.25) is 0 Å². The van der Waals surface area contributed by atoms with E-state index in [1.807, 2.05) is 43.3 Å².